The summed E-state index contributed by atoms with van der Waals surface area (Å²) in [5.74, 6) is -1.75. The van der Waals surface area contributed by atoms with E-state index in [1.807, 2.05) is 30.3 Å². The predicted molar refractivity (Wildman–Crippen MR) is 93.3 cm³/mol. The molecule has 0 unspecified atom stereocenters. The zero-order valence-corrected chi connectivity index (χ0v) is 15.0. The number of carbonyl (C=O) groups excluding carboxylic acids is 2. The van der Waals surface area contributed by atoms with Crippen molar-refractivity contribution in [1.29, 1.82) is 0 Å². The first-order valence-electron chi connectivity index (χ1n) is 8.64. The van der Waals surface area contributed by atoms with Crippen LogP contribution < -0.4 is 0 Å². The average Bonchev–Trinajstić information content (AvgIpc) is 2.63. The normalized spacial score (nSPS) is 18.0. The zero-order valence-electron chi connectivity index (χ0n) is 15.0. The van der Waals surface area contributed by atoms with E-state index in [2.05, 4.69) is 0 Å². The van der Waals surface area contributed by atoms with Gasteiger partial charge < -0.3 is 9.80 Å². The lowest BCUT2D eigenvalue weighted by molar-refractivity contribution is -0.156. The molecule has 1 heterocycles. The van der Waals surface area contributed by atoms with Crippen molar-refractivity contribution in [2.75, 3.05) is 6.54 Å². The van der Waals surface area contributed by atoms with Gasteiger partial charge in [-0.05, 0) is 36.2 Å². The lowest BCUT2D eigenvalue weighted by atomic mass is 10.1. The van der Waals surface area contributed by atoms with Crippen molar-refractivity contribution < 1.29 is 27.2 Å². The molecule has 0 N–H and O–H groups in total. The number of benzene rings is 2. The quantitative estimate of drug-likeness (QED) is 0.744. The molecule has 0 aliphatic carbocycles. The summed E-state index contributed by atoms with van der Waals surface area (Å²) in [5, 5.41) is 0. The third-order valence-corrected chi connectivity index (χ3v) is 4.64. The summed E-state index contributed by atoms with van der Waals surface area (Å²) in [4.78, 5) is 27.8. The highest BCUT2D eigenvalue weighted by atomic mass is 19.4. The van der Waals surface area contributed by atoms with Gasteiger partial charge in [0.2, 0.25) is 11.8 Å². The Kier molecular flexibility index (Phi) is 5.40. The Balaban J connectivity index is 1.77. The molecule has 2 amide bonds. The highest BCUT2D eigenvalue weighted by molar-refractivity contribution is 5.94. The van der Waals surface area contributed by atoms with Gasteiger partial charge in [0.25, 0.3) is 0 Å². The second-order valence-electron chi connectivity index (χ2n) is 6.72. The van der Waals surface area contributed by atoms with Crippen molar-refractivity contribution in [3.8, 4) is 0 Å². The summed E-state index contributed by atoms with van der Waals surface area (Å²) in [5.41, 5.74) is -0.280. The van der Waals surface area contributed by atoms with E-state index in [1.165, 1.54) is 16.7 Å². The highest BCUT2D eigenvalue weighted by Gasteiger charge is 2.37. The smallest absolute Gasteiger partial charge is 0.327 e. The van der Waals surface area contributed by atoms with Crippen LogP contribution in [0.3, 0.4) is 0 Å². The molecule has 1 aliphatic rings. The number of nitrogens with zero attached hydrogens (tertiary/aromatic N) is 2. The van der Waals surface area contributed by atoms with Crippen LogP contribution in [-0.2, 0) is 28.9 Å². The maximum absolute atomic E-state index is 13.6. The van der Waals surface area contributed by atoms with E-state index >= 15 is 0 Å². The summed E-state index contributed by atoms with van der Waals surface area (Å²) < 4.78 is 52.3. The molecule has 0 radical (unpaired) electrons. The van der Waals surface area contributed by atoms with E-state index in [1.54, 1.807) is 0 Å². The molecule has 4 nitrogen and oxygen atoms in total. The molecule has 148 valence electrons. The largest absolute Gasteiger partial charge is 0.416 e. The molecule has 3 rings (SSSR count). The Morgan fingerprint density at radius 3 is 2.32 bits per heavy atom. The fourth-order valence-corrected chi connectivity index (χ4v) is 3.21. The molecule has 8 heteroatoms. The van der Waals surface area contributed by atoms with Gasteiger partial charge in [-0.3, -0.25) is 9.59 Å². The fourth-order valence-electron chi connectivity index (χ4n) is 3.21. The molecular formula is C20H18F4N2O2. The van der Waals surface area contributed by atoms with E-state index in [-0.39, 0.29) is 31.1 Å². The van der Waals surface area contributed by atoms with Crippen molar-refractivity contribution in [3.05, 3.63) is 71.0 Å². The number of hydrogen-bond acceptors (Lipinski definition) is 2. The summed E-state index contributed by atoms with van der Waals surface area (Å²) in [6, 6.07) is 10.4. The summed E-state index contributed by atoms with van der Waals surface area (Å²) in [7, 11) is 0. The van der Waals surface area contributed by atoms with Crippen molar-refractivity contribution in [3.63, 3.8) is 0 Å². The number of halogens is 4. The van der Waals surface area contributed by atoms with E-state index in [0.717, 1.165) is 17.7 Å². The van der Waals surface area contributed by atoms with Crippen molar-refractivity contribution in [2.24, 2.45) is 0 Å². The van der Waals surface area contributed by atoms with Crippen LogP contribution in [0.5, 0.6) is 0 Å². The fraction of sp³-hybridized carbons (Fsp3) is 0.300. The van der Waals surface area contributed by atoms with Gasteiger partial charge in [0, 0.05) is 13.1 Å². The molecule has 0 saturated carbocycles. The Morgan fingerprint density at radius 1 is 1.00 bits per heavy atom. The standard InChI is InChI=1S/C20H18F4N2O2/c1-13-19(28)25(10-14-5-3-2-4-6-14)12-18(27)26(13)11-15-7-16(20(22,23)24)9-17(21)8-15/h2-9,13H,10-12H2,1H3/t13-/m1/s1. The third kappa shape index (κ3) is 4.32. The van der Waals surface area contributed by atoms with Crippen LogP contribution in [0.4, 0.5) is 17.6 Å². The SMILES string of the molecule is C[C@@H]1C(=O)N(Cc2ccccc2)CC(=O)N1Cc1cc(F)cc(C(F)(F)F)c1. The van der Waals surface area contributed by atoms with Gasteiger partial charge in [0.1, 0.15) is 18.4 Å². The highest BCUT2D eigenvalue weighted by Crippen LogP contribution is 2.31. The minimum absolute atomic E-state index is 0.0168. The van der Waals surface area contributed by atoms with Gasteiger partial charge in [-0.25, -0.2) is 4.39 Å². The monoisotopic (exact) mass is 394 g/mol. The predicted octanol–water partition coefficient (Wildman–Crippen LogP) is 3.60. The van der Waals surface area contributed by atoms with E-state index in [9.17, 15) is 27.2 Å². The average molecular weight is 394 g/mol. The first kappa shape index (κ1) is 19.9. The van der Waals surface area contributed by atoms with Gasteiger partial charge in [-0.1, -0.05) is 30.3 Å². The first-order chi connectivity index (χ1) is 13.1. The minimum atomic E-state index is -4.70. The molecule has 1 aliphatic heterocycles. The Labute approximate surface area is 159 Å². The van der Waals surface area contributed by atoms with E-state index in [4.69, 9.17) is 0 Å². The molecule has 1 saturated heterocycles. The van der Waals surface area contributed by atoms with Gasteiger partial charge >= 0.3 is 6.18 Å². The van der Waals surface area contributed by atoms with Gasteiger partial charge in [-0.15, -0.1) is 0 Å². The topological polar surface area (TPSA) is 40.6 Å². The second kappa shape index (κ2) is 7.61. The Morgan fingerprint density at radius 2 is 1.68 bits per heavy atom. The van der Waals surface area contributed by atoms with Gasteiger partial charge in [-0.2, -0.15) is 13.2 Å². The molecule has 1 atom stereocenters. The van der Waals surface area contributed by atoms with Crippen LogP contribution in [0.15, 0.2) is 48.5 Å². The Hall–Kier alpha value is -2.90. The van der Waals surface area contributed by atoms with E-state index < -0.39 is 29.5 Å². The van der Waals surface area contributed by atoms with Crippen molar-refractivity contribution in [2.45, 2.75) is 32.2 Å². The van der Waals surface area contributed by atoms with Crippen LogP contribution >= 0.6 is 0 Å². The summed E-state index contributed by atoms with van der Waals surface area (Å²) in [6.07, 6.45) is -4.70. The molecule has 0 spiro atoms. The van der Waals surface area contributed by atoms with Crippen LogP contribution in [0, 0.1) is 5.82 Å². The molecule has 2 aromatic carbocycles. The van der Waals surface area contributed by atoms with Crippen LogP contribution in [0.1, 0.15) is 23.6 Å². The van der Waals surface area contributed by atoms with Gasteiger partial charge in [0.15, 0.2) is 0 Å². The first-order valence-corrected chi connectivity index (χ1v) is 8.64. The molecule has 2 aromatic rings. The zero-order chi connectivity index (χ0) is 20.5. The maximum Gasteiger partial charge on any atom is 0.416 e. The molecular weight excluding hydrogens is 376 g/mol. The van der Waals surface area contributed by atoms with E-state index in [0.29, 0.717) is 6.07 Å². The minimum Gasteiger partial charge on any atom is -0.327 e. The molecule has 1 fully saturated rings. The van der Waals surface area contributed by atoms with Crippen molar-refractivity contribution >= 4 is 11.8 Å². The number of hydrogen-bond donors (Lipinski definition) is 0. The number of alkyl halides is 3. The van der Waals surface area contributed by atoms with Crippen LogP contribution in [0.25, 0.3) is 0 Å². The Bertz CT molecular complexity index is 884. The van der Waals surface area contributed by atoms with Crippen LogP contribution in [0.2, 0.25) is 0 Å². The molecule has 0 aromatic heterocycles. The molecule has 28 heavy (non-hydrogen) atoms. The lowest BCUT2D eigenvalue weighted by Gasteiger charge is -2.39. The van der Waals surface area contributed by atoms with Gasteiger partial charge in [0.05, 0.1) is 5.56 Å². The third-order valence-electron chi connectivity index (χ3n) is 4.64. The number of piperazine rings is 1. The second-order valence-corrected chi connectivity index (χ2v) is 6.72. The maximum atomic E-state index is 13.6. The number of carbonyl (C=O) groups is 2. The van der Waals surface area contributed by atoms with Crippen molar-refractivity contribution in [1.82, 2.24) is 9.80 Å². The lowest BCUT2D eigenvalue weighted by Crippen LogP contribution is -2.58. The molecule has 0 bridgehead atoms. The number of amides is 2. The summed E-state index contributed by atoms with van der Waals surface area (Å²) in [6.45, 7) is 1.33. The summed E-state index contributed by atoms with van der Waals surface area (Å²) >= 11 is 0. The van der Waals surface area contributed by atoms with Crippen LogP contribution in [-0.4, -0.2) is 34.2 Å². The number of rotatable bonds is 4.